The number of rotatable bonds is 3. The van der Waals surface area contributed by atoms with Crippen molar-refractivity contribution < 1.29 is 19.0 Å². The maximum absolute atomic E-state index is 13.6. The van der Waals surface area contributed by atoms with E-state index in [-0.39, 0.29) is 0 Å². The summed E-state index contributed by atoms with van der Waals surface area (Å²) < 4.78 is 18.7. The number of methoxy groups -OCH3 is 1. The lowest BCUT2D eigenvalue weighted by molar-refractivity contribution is 0.0692. The Bertz CT molecular complexity index is 825. The van der Waals surface area contributed by atoms with Gasteiger partial charge in [0.2, 0.25) is 0 Å². The third-order valence-corrected chi connectivity index (χ3v) is 3.16. The molecule has 1 aromatic heterocycles. The molecule has 0 unspecified atom stereocenters. The number of halogens is 1. The lowest BCUT2D eigenvalue weighted by atomic mass is 10.2. The molecule has 0 saturated carbocycles. The third-order valence-electron chi connectivity index (χ3n) is 3.16. The highest BCUT2D eigenvalue weighted by Gasteiger charge is 2.14. The molecule has 0 saturated heterocycles. The van der Waals surface area contributed by atoms with Crippen LogP contribution in [0, 0.1) is 5.82 Å². The van der Waals surface area contributed by atoms with Crippen LogP contribution in [0.3, 0.4) is 0 Å². The lowest BCUT2D eigenvalue weighted by Crippen LogP contribution is -1.99. The average Bonchev–Trinajstić information content (AvgIpc) is 2.89. The zero-order chi connectivity index (χ0) is 15.0. The number of carboxylic acids is 1. The van der Waals surface area contributed by atoms with Gasteiger partial charge in [-0.2, -0.15) is 0 Å². The van der Waals surface area contributed by atoms with Crippen LogP contribution >= 0.6 is 0 Å². The first kappa shape index (κ1) is 13.1. The van der Waals surface area contributed by atoms with Crippen LogP contribution in [0.2, 0.25) is 0 Å². The molecule has 0 aliphatic carbocycles. The number of H-pyrrole nitrogens is 1. The van der Waals surface area contributed by atoms with E-state index in [1.165, 1.54) is 6.07 Å². The van der Waals surface area contributed by atoms with Crippen LogP contribution in [0.5, 0.6) is 5.75 Å². The standard InChI is InChI=1S/C15H11FN2O3/c1-21-9-4-2-8(3-5-9)14-17-12-6-10(15(19)20)11(16)7-13(12)18-14/h2-7H,1H3,(H,17,18)(H,19,20). The molecule has 0 bridgehead atoms. The van der Waals surface area contributed by atoms with E-state index in [1.807, 2.05) is 12.1 Å². The molecule has 0 radical (unpaired) electrons. The largest absolute Gasteiger partial charge is 0.497 e. The number of aromatic amines is 1. The number of nitrogens with one attached hydrogen (secondary N) is 1. The van der Waals surface area contributed by atoms with Gasteiger partial charge in [-0.15, -0.1) is 0 Å². The van der Waals surface area contributed by atoms with Gasteiger partial charge in [0, 0.05) is 11.6 Å². The summed E-state index contributed by atoms with van der Waals surface area (Å²) in [7, 11) is 1.58. The van der Waals surface area contributed by atoms with Crippen molar-refractivity contribution in [1.29, 1.82) is 0 Å². The monoisotopic (exact) mass is 286 g/mol. The van der Waals surface area contributed by atoms with Gasteiger partial charge in [-0.05, 0) is 30.3 Å². The summed E-state index contributed by atoms with van der Waals surface area (Å²) in [6.45, 7) is 0. The van der Waals surface area contributed by atoms with Gasteiger partial charge in [0.15, 0.2) is 0 Å². The number of carboxylic acid groups (broad SMARTS) is 1. The summed E-state index contributed by atoms with van der Waals surface area (Å²) in [5.41, 5.74) is 1.25. The molecule has 3 aromatic rings. The van der Waals surface area contributed by atoms with E-state index in [0.717, 1.165) is 11.6 Å². The van der Waals surface area contributed by atoms with Crippen molar-refractivity contribution in [3.05, 3.63) is 47.8 Å². The molecule has 0 amide bonds. The Morgan fingerprint density at radius 2 is 2.00 bits per heavy atom. The van der Waals surface area contributed by atoms with Crippen molar-refractivity contribution in [3.63, 3.8) is 0 Å². The van der Waals surface area contributed by atoms with E-state index >= 15 is 0 Å². The van der Waals surface area contributed by atoms with Gasteiger partial charge in [0.1, 0.15) is 17.4 Å². The van der Waals surface area contributed by atoms with E-state index < -0.39 is 17.3 Å². The van der Waals surface area contributed by atoms with Gasteiger partial charge in [0.25, 0.3) is 0 Å². The molecule has 0 atom stereocenters. The fraction of sp³-hybridized carbons (Fsp3) is 0.0667. The maximum Gasteiger partial charge on any atom is 0.338 e. The Balaban J connectivity index is 2.09. The van der Waals surface area contributed by atoms with Gasteiger partial charge in [-0.3, -0.25) is 0 Å². The van der Waals surface area contributed by atoms with Crippen molar-refractivity contribution in [2.75, 3.05) is 7.11 Å². The minimum Gasteiger partial charge on any atom is -0.497 e. The van der Waals surface area contributed by atoms with Crippen molar-refractivity contribution in [2.24, 2.45) is 0 Å². The van der Waals surface area contributed by atoms with Gasteiger partial charge in [-0.25, -0.2) is 14.2 Å². The summed E-state index contributed by atoms with van der Waals surface area (Å²) >= 11 is 0. The quantitative estimate of drug-likeness (QED) is 0.776. The van der Waals surface area contributed by atoms with Crippen LogP contribution in [0.25, 0.3) is 22.4 Å². The second-order valence-corrected chi connectivity index (χ2v) is 4.47. The molecule has 1 heterocycles. The molecule has 6 heteroatoms. The van der Waals surface area contributed by atoms with Crippen LogP contribution in [0.1, 0.15) is 10.4 Å². The summed E-state index contributed by atoms with van der Waals surface area (Å²) in [5, 5.41) is 8.91. The van der Waals surface area contributed by atoms with E-state index in [0.29, 0.717) is 22.6 Å². The summed E-state index contributed by atoms with van der Waals surface area (Å²) in [4.78, 5) is 18.2. The van der Waals surface area contributed by atoms with Crippen molar-refractivity contribution >= 4 is 17.0 Å². The predicted molar refractivity (Wildman–Crippen MR) is 75.0 cm³/mol. The van der Waals surface area contributed by atoms with Gasteiger partial charge in [0.05, 0.1) is 23.7 Å². The van der Waals surface area contributed by atoms with Gasteiger partial charge in [-0.1, -0.05) is 0 Å². The number of imidazole rings is 1. The Kier molecular flexibility index (Phi) is 3.06. The van der Waals surface area contributed by atoms with Crippen LogP contribution in [0.4, 0.5) is 4.39 Å². The molecule has 0 aliphatic rings. The fourth-order valence-corrected chi connectivity index (χ4v) is 2.08. The minimum absolute atomic E-state index is 0.393. The van der Waals surface area contributed by atoms with Crippen molar-refractivity contribution in [1.82, 2.24) is 9.97 Å². The number of carbonyl (C=O) groups is 1. The first-order valence-corrected chi connectivity index (χ1v) is 6.15. The number of hydrogen-bond donors (Lipinski definition) is 2. The fourth-order valence-electron chi connectivity index (χ4n) is 2.08. The number of hydrogen-bond acceptors (Lipinski definition) is 3. The first-order valence-electron chi connectivity index (χ1n) is 6.15. The molecule has 5 nitrogen and oxygen atoms in total. The number of fused-ring (bicyclic) bond motifs is 1. The highest BCUT2D eigenvalue weighted by atomic mass is 19.1. The summed E-state index contributed by atoms with van der Waals surface area (Å²) in [6, 6.07) is 9.54. The molecule has 0 spiro atoms. The second kappa shape index (κ2) is 4.90. The molecular formula is C15H11FN2O3. The van der Waals surface area contributed by atoms with E-state index in [4.69, 9.17) is 9.84 Å². The Labute approximate surface area is 119 Å². The highest BCUT2D eigenvalue weighted by molar-refractivity contribution is 5.93. The molecule has 2 N–H and O–H groups in total. The minimum atomic E-state index is -1.32. The van der Waals surface area contributed by atoms with Crippen LogP contribution in [-0.4, -0.2) is 28.2 Å². The topological polar surface area (TPSA) is 75.2 Å². The Morgan fingerprint density at radius 1 is 1.29 bits per heavy atom. The molecular weight excluding hydrogens is 275 g/mol. The van der Waals surface area contributed by atoms with Crippen LogP contribution < -0.4 is 4.74 Å². The van der Waals surface area contributed by atoms with E-state index in [9.17, 15) is 9.18 Å². The Morgan fingerprint density at radius 3 is 2.62 bits per heavy atom. The molecule has 0 fully saturated rings. The second-order valence-electron chi connectivity index (χ2n) is 4.47. The molecule has 3 rings (SSSR count). The molecule has 106 valence electrons. The van der Waals surface area contributed by atoms with E-state index in [2.05, 4.69) is 9.97 Å². The highest BCUT2D eigenvalue weighted by Crippen LogP contribution is 2.24. The van der Waals surface area contributed by atoms with Crippen LogP contribution in [0.15, 0.2) is 36.4 Å². The molecule has 21 heavy (non-hydrogen) atoms. The number of ether oxygens (including phenoxy) is 1. The normalized spacial score (nSPS) is 10.8. The van der Waals surface area contributed by atoms with Crippen LogP contribution in [-0.2, 0) is 0 Å². The van der Waals surface area contributed by atoms with Crippen molar-refractivity contribution in [2.45, 2.75) is 0 Å². The van der Waals surface area contributed by atoms with E-state index in [1.54, 1.807) is 19.2 Å². The first-order chi connectivity index (χ1) is 10.1. The average molecular weight is 286 g/mol. The van der Waals surface area contributed by atoms with Gasteiger partial charge >= 0.3 is 5.97 Å². The number of benzene rings is 2. The molecule has 2 aromatic carbocycles. The maximum atomic E-state index is 13.6. The van der Waals surface area contributed by atoms with Crippen molar-refractivity contribution in [3.8, 4) is 17.1 Å². The number of nitrogens with zero attached hydrogens (tertiary/aromatic N) is 1. The number of aromatic carboxylic acids is 1. The lowest BCUT2D eigenvalue weighted by Gasteiger charge is -2.00. The number of aromatic nitrogens is 2. The van der Waals surface area contributed by atoms with Gasteiger partial charge < -0.3 is 14.8 Å². The molecule has 0 aliphatic heterocycles. The predicted octanol–water partition coefficient (Wildman–Crippen LogP) is 3.08. The zero-order valence-corrected chi connectivity index (χ0v) is 11.1. The Hall–Kier alpha value is -2.89. The summed E-state index contributed by atoms with van der Waals surface area (Å²) in [5.74, 6) is -0.855. The summed E-state index contributed by atoms with van der Waals surface area (Å²) in [6.07, 6.45) is 0. The SMILES string of the molecule is COc1ccc(-c2nc3cc(C(=O)O)c(F)cc3[nH]2)cc1. The smallest absolute Gasteiger partial charge is 0.338 e. The zero-order valence-electron chi connectivity index (χ0n) is 11.1. The third kappa shape index (κ3) is 2.31.